The summed E-state index contributed by atoms with van der Waals surface area (Å²) in [5.41, 5.74) is 4.47. The fourth-order valence-electron chi connectivity index (χ4n) is 2.40. The van der Waals surface area contributed by atoms with Gasteiger partial charge in [-0.15, -0.1) is 0 Å². The molecule has 0 spiro atoms. The number of benzene rings is 2. The van der Waals surface area contributed by atoms with Gasteiger partial charge in [0.2, 0.25) is 5.89 Å². The van der Waals surface area contributed by atoms with Gasteiger partial charge < -0.3 is 19.2 Å². The molecule has 0 aliphatic rings. The zero-order valence-electron chi connectivity index (χ0n) is 13.1. The highest BCUT2D eigenvalue weighted by atomic mass is 16.5. The molecule has 1 N–H and O–H groups in total. The normalized spacial score (nSPS) is 10.7. The molecule has 1 heterocycles. The van der Waals surface area contributed by atoms with E-state index in [0.29, 0.717) is 17.4 Å². The third-order valence-electron chi connectivity index (χ3n) is 3.56. The minimum absolute atomic E-state index is 0.545. The number of rotatable bonds is 4. The molecule has 0 radical (unpaired) electrons. The van der Waals surface area contributed by atoms with Crippen molar-refractivity contribution in [3.63, 3.8) is 0 Å². The van der Waals surface area contributed by atoms with E-state index in [2.05, 4.69) is 10.3 Å². The molecule has 3 aromatic rings. The molecule has 5 nitrogen and oxygen atoms in total. The van der Waals surface area contributed by atoms with Gasteiger partial charge >= 0.3 is 0 Å². The van der Waals surface area contributed by atoms with E-state index >= 15 is 0 Å². The molecule has 22 heavy (non-hydrogen) atoms. The summed E-state index contributed by atoms with van der Waals surface area (Å²) in [5, 5.41) is 3.12. The first-order valence-corrected chi connectivity index (χ1v) is 6.97. The van der Waals surface area contributed by atoms with Gasteiger partial charge in [0.1, 0.15) is 17.0 Å². The Morgan fingerprint density at radius 3 is 2.27 bits per heavy atom. The summed E-state index contributed by atoms with van der Waals surface area (Å²) in [6, 6.07) is 9.57. The van der Waals surface area contributed by atoms with Gasteiger partial charge in [-0.05, 0) is 36.8 Å². The van der Waals surface area contributed by atoms with Gasteiger partial charge in [-0.2, -0.15) is 0 Å². The molecule has 0 bridgehead atoms. The predicted octanol–water partition coefficient (Wildman–Crippen LogP) is 3.86. The Labute approximate surface area is 128 Å². The van der Waals surface area contributed by atoms with Crippen LogP contribution in [0.5, 0.6) is 11.5 Å². The lowest BCUT2D eigenvalue weighted by Gasteiger charge is -2.05. The van der Waals surface area contributed by atoms with Crippen LogP contribution in [-0.4, -0.2) is 26.3 Å². The van der Waals surface area contributed by atoms with E-state index in [9.17, 15) is 0 Å². The fraction of sp³-hybridized carbons (Fsp3) is 0.235. The zero-order valence-corrected chi connectivity index (χ0v) is 13.1. The molecule has 0 saturated carbocycles. The average molecular weight is 298 g/mol. The molecule has 2 aromatic carbocycles. The molecule has 0 unspecified atom stereocenters. The SMILES string of the molecule is CNc1cc(C)c2oc(-c3cc(OC)cc(OC)c3)nc2c1. The Morgan fingerprint density at radius 1 is 1.00 bits per heavy atom. The standard InChI is InChI=1S/C17H18N2O3/c1-10-5-12(18-2)8-15-16(10)22-17(19-15)11-6-13(20-3)9-14(7-11)21-4/h5-9,18H,1-4H3. The van der Waals surface area contributed by atoms with Crippen molar-refractivity contribution in [2.45, 2.75) is 6.92 Å². The second-order valence-corrected chi connectivity index (χ2v) is 5.01. The van der Waals surface area contributed by atoms with Crippen molar-refractivity contribution < 1.29 is 13.9 Å². The Bertz CT molecular complexity index is 802. The van der Waals surface area contributed by atoms with E-state index in [4.69, 9.17) is 13.9 Å². The Balaban J connectivity index is 2.16. The van der Waals surface area contributed by atoms with Crippen LogP contribution in [0.1, 0.15) is 5.56 Å². The smallest absolute Gasteiger partial charge is 0.227 e. The number of nitrogens with zero attached hydrogens (tertiary/aromatic N) is 1. The molecule has 3 rings (SSSR count). The molecule has 5 heteroatoms. The number of aromatic nitrogens is 1. The zero-order chi connectivity index (χ0) is 15.7. The lowest BCUT2D eigenvalue weighted by molar-refractivity contribution is 0.394. The van der Waals surface area contributed by atoms with Crippen LogP contribution >= 0.6 is 0 Å². The number of methoxy groups -OCH3 is 2. The molecule has 0 amide bonds. The molecule has 0 atom stereocenters. The maximum atomic E-state index is 5.93. The van der Waals surface area contributed by atoms with E-state index < -0.39 is 0 Å². The van der Waals surface area contributed by atoms with Crippen molar-refractivity contribution in [1.29, 1.82) is 0 Å². The van der Waals surface area contributed by atoms with Gasteiger partial charge in [0.15, 0.2) is 5.58 Å². The molecule has 114 valence electrons. The van der Waals surface area contributed by atoms with Crippen molar-refractivity contribution in [3.8, 4) is 23.0 Å². The first-order chi connectivity index (χ1) is 10.6. The summed E-state index contributed by atoms with van der Waals surface area (Å²) in [7, 11) is 5.12. The predicted molar refractivity (Wildman–Crippen MR) is 86.8 cm³/mol. The lowest BCUT2D eigenvalue weighted by Crippen LogP contribution is -1.89. The topological polar surface area (TPSA) is 56.5 Å². The molecule has 0 aliphatic carbocycles. The first kappa shape index (κ1) is 14.3. The van der Waals surface area contributed by atoms with Crippen LogP contribution in [0.15, 0.2) is 34.7 Å². The van der Waals surface area contributed by atoms with Crippen LogP contribution in [0.25, 0.3) is 22.6 Å². The monoisotopic (exact) mass is 298 g/mol. The quantitative estimate of drug-likeness (QED) is 0.792. The van der Waals surface area contributed by atoms with Crippen molar-refractivity contribution >= 4 is 16.8 Å². The Hall–Kier alpha value is -2.69. The van der Waals surface area contributed by atoms with Gasteiger partial charge in [-0.3, -0.25) is 0 Å². The van der Waals surface area contributed by atoms with Crippen LogP contribution in [0.2, 0.25) is 0 Å². The third kappa shape index (κ3) is 2.45. The number of anilines is 1. The number of fused-ring (bicyclic) bond motifs is 1. The number of ether oxygens (including phenoxy) is 2. The summed E-state index contributed by atoms with van der Waals surface area (Å²) in [6.45, 7) is 2.00. The van der Waals surface area contributed by atoms with Crippen molar-refractivity contribution in [3.05, 3.63) is 35.9 Å². The van der Waals surface area contributed by atoms with Crippen LogP contribution < -0.4 is 14.8 Å². The molecule has 0 aliphatic heterocycles. The Morgan fingerprint density at radius 2 is 1.68 bits per heavy atom. The fourth-order valence-corrected chi connectivity index (χ4v) is 2.40. The Kier molecular flexibility index (Phi) is 3.63. The van der Waals surface area contributed by atoms with Gasteiger partial charge in [0.25, 0.3) is 0 Å². The van der Waals surface area contributed by atoms with Crippen LogP contribution in [0.4, 0.5) is 5.69 Å². The lowest BCUT2D eigenvalue weighted by atomic mass is 10.2. The van der Waals surface area contributed by atoms with Crippen LogP contribution in [-0.2, 0) is 0 Å². The van der Waals surface area contributed by atoms with E-state index in [1.54, 1.807) is 14.2 Å². The molecular weight excluding hydrogens is 280 g/mol. The maximum absolute atomic E-state index is 5.93. The minimum Gasteiger partial charge on any atom is -0.497 e. The molecule has 0 fully saturated rings. The number of hydrogen-bond acceptors (Lipinski definition) is 5. The highest BCUT2D eigenvalue weighted by Crippen LogP contribution is 2.33. The second kappa shape index (κ2) is 5.60. The van der Waals surface area contributed by atoms with Gasteiger partial charge in [-0.25, -0.2) is 4.98 Å². The summed E-state index contributed by atoms with van der Waals surface area (Å²) >= 11 is 0. The maximum Gasteiger partial charge on any atom is 0.227 e. The van der Waals surface area contributed by atoms with Crippen LogP contribution in [0.3, 0.4) is 0 Å². The van der Waals surface area contributed by atoms with Gasteiger partial charge in [0, 0.05) is 24.4 Å². The van der Waals surface area contributed by atoms with E-state index in [1.807, 2.05) is 44.3 Å². The van der Waals surface area contributed by atoms with Crippen molar-refractivity contribution in [1.82, 2.24) is 4.98 Å². The average Bonchev–Trinajstić information content (AvgIpc) is 2.98. The third-order valence-corrected chi connectivity index (χ3v) is 3.56. The highest BCUT2D eigenvalue weighted by molar-refractivity contribution is 5.83. The second-order valence-electron chi connectivity index (χ2n) is 5.01. The van der Waals surface area contributed by atoms with Gasteiger partial charge in [-0.1, -0.05) is 0 Å². The molecule has 1 aromatic heterocycles. The summed E-state index contributed by atoms with van der Waals surface area (Å²) in [4.78, 5) is 4.59. The largest absolute Gasteiger partial charge is 0.497 e. The van der Waals surface area contributed by atoms with E-state index in [-0.39, 0.29) is 0 Å². The number of nitrogens with one attached hydrogen (secondary N) is 1. The molecule has 0 saturated heterocycles. The van der Waals surface area contributed by atoms with Crippen LogP contribution in [0, 0.1) is 6.92 Å². The molecular formula is C17H18N2O3. The summed E-state index contributed by atoms with van der Waals surface area (Å²) in [5.74, 6) is 1.94. The number of aryl methyl sites for hydroxylation is 1. The summed E-state index contributed by atoms with van der Waals surface area (Å²) < 4.78 is 16.5. The minimum atomic E-state index is 0.545. The number of hydrogen-bond donors (Lipinski definition) is 1. The highest BCUT2D eigenvalue weighted by Gasteiger charge is 2.13. The van der Waals surface area contributed by atoms with E-state index in [0.717, 1.165) is 27.9 Å². The van der Waals surface area contributed by atoms with Crippen molar-refractivity contribution in [2.75, 3.05) is 26.6 Å². The number of oxazole rings is 1. The van der Waals surface area contributed by atoms with E-state index in [1.165, 1.54) is 0 Å². The summed E-state index contributed by atoms with van der Waals surface area (Å²) in [6.07, 6.45) is 0. The first-order valence-electron chi connectivity index (χ1n) is 6.97. The van der Waals surface area contributed by atoms with Gasteiger partial charge in [0.05, 0.1) is 14.2 Å². The van der Waals surface area contributed by atoms with Crippen molar-refractivity contribution in [2.24, 2.45) is 0 Å².